The Labute approximate surface area is 88.8 Å². The lowest BCUT2D eigenvalue weighted by Crippen LogP contribution is -2.40. The summed E-state index contributed by atoms with van der Waals surface area (Å²) in [6.07, 6.45) is 1.00. The van der Waals surface area contributed by atoms with E-state index in [-0.39, 0.29) is 6.10 Å². The molecule has 0 saturated carbocycles. The van der Waals surface area contributed by atoms with Crippen molar-refractivity contribution in [1.29, 1.82) is 0 Å². The zero-order valence-electron chi connectivity index (χ0n) is 8.81. The van der Waals surface area contributed by atoms with Crippen molar-refractivity contribution in [3.63, 3.8) is 0 Å². The van der Waals surface area contributed by atoms with E-state index in [1.165, 1.54) is 0 Å². The maximum atomic E-state index is 10.4. The summed E-state index contributed by atoms with van der Waals surface area (Å²) in [6, 6.07) is 3.55. The Bertz CT molecular complexity index is 334. The first-order chi connectivity index (χ1) is 7.28. The van der Waals surface area contributed by atoms with Crippen molar-refractivity contribution in [2.24, 2.45) is 0 Å². The molecular weight excluding hydrogens is 194 g/mol. The summed E-state index contributed by atoms with van der Waals surface area (Å²) in [5.74, 6) is 1.23. The predicted molar refractivity (Wildman–Crippen MR) is 54.8 cm³/mol. The third-order valence-corrected chi connectivity index (χ3v) is 2.50. The summed E-state index contributed by atoms with van der Waals surface area (Å²) < 4.78 is 10.8. The molecule has 15 heavy (non-hydrogen) atoms. The number of nitrogens with zero attached hydrogens (tertiary/aromatic N) is 1. The molecule has 4 heteroatoms. The van der Waals surface area contributed by atoms with Gasteiger partial charge in [-0.2, -0.15) is 0 Å². The van der Waals surface area contributed by atoms with E-state index in [0.717, 1.165) is 38.3 Å². The predicted octanol–water partition coefficient (Wildman–Crippen LogP) is 1.31. The van der Waals surface area contributed by atoms with Crippen molar-refractivity contribution >= 4 is 6.29 Å². The maximum Gasteiger partial charge on any atom is 0.185 e. The van der Waals surface area contributed by atoms with Gasteiger partial charge in [0.15, 0.2) is 12.0 Å². The molecule has 0 spiro atoms. The summed E-state index contributed by atoms with van der Waals surface area (Å²) in [6.45, 7) is 5.41. The van der Waals surface area contributed by atoms with Crippen LogP contribution in [0.15, 0.2) is 16.5 Å². The number of carbonyl (C=O) groups is 1. The molecule has 0 amide bonds. The Morgan fingerprint density at radius 3 is 3.13 bits per heavy atom. The summed E-state index contributed by atoms with van der Waals surface area (Å²) >= 11 is 0. The molecule has 2 heterocycles. The minimum Gasteiger partial charge on any atom is -0.457 e. The van der Waals surface area contributed by atoms with Crippen LogP contribution in [0.2, 0.25) is 0 Å². The molecule has 1 aliphatic rings. The second-order valence-electron chi connectivity index (χ2n) is 3.84. The first-order valence-electron chi connectivity index (χ1n) is 5.16. The highest BCUT2D eigenvalue weighted by Crippen LogP contribution is 2.12. The molecule has 0 radical (unpaired) electrons. The van der Waals surface area contributed by atoms with E-state index in [9.17, 15) is 4.79 Å². The number of furan rings is 1. The lowest BCUT2D eigenvalue weighted by molar-refractivity contribution is -0.0231. The molecule has 1 fully saturated rings. The van der Waals surface area contributed by atoms with E-state index in [1.54, 1.807) is 6.07 Å². The molecule has 0 aliphatic carbocycles. The van der Waals surface area contributed by atoms with E-state index in [1.807, 2.05) is 6.07 Å². The van der Waals surface area contributed by atoms with Crippen LogP contribution in [-0.2, 0) is 11.3 Å². The Morgan fingerprint density at radius 2 is 2.47 bits per heavy atom. The summed E-state index contributed by atoms with van der Waals surface area (Å²) in [5.41, 5.74) is 0. The third kappa shape index (κ3) is 2.67. The van der Waals surface area contributed by atoms with Gasteiger partial charge in [-0.1, -0.05) is 0 Å². The van der Waals surface area contributed by atoms with Gasteiger partial charge in [-0.15, -0.1) is 0 Å². The van der Waals surface area contributed by atoms with Crippen molar-refractivity contribution in [2.45, 2.75) is 19.6 Å². The maximum absolute atomic E-state index is 10.4. The Morgan fingerprint density at radius 1 is 1.60 bits per heavy atom. The first kappa shape index (κ1) is 10.4. The zero-order valence-corrected chi connectivity index (χ0v) is 8.81. The Balaban J connectivity index is 1.92. The van der Waals surface area contributed by atoms with Crippen LogP contribution in [0.3, 0.4) is 0 Å². The molecule has 2 rings (SSSR count). The lowest BCUT2D eigenvalue weighted by atomic mass is 10.3. The van der Waals surface area contributed by atoms with Gasteiger partial charge in [-0.05, 0) is 19.1 Å². The van der Waals surface area contributed by atoms with Gasteiger partial charge in [0.1, 0.15) is 5.76 Å². The highest BCUT2D eigenvalue weighted by atomic mass is 16.5. The fraction of sp³-hybridized carbons (Fsp3) is 0.545. The van der Waals surface area contributed by atoms with Crippen LogP contribution in [0.4, 0.5) is 0 Å². The van der Waals surface area contributed by atoms with Crippen molar-refractivity contribution in [3.05, 3.63) is 23.7 Å². The molecule has 1 aromatic rings. The van der Waals surface area contributed by atoms with Crippen molar-refractivity contribution in [3.8, 4) is 0 Å². The molecule has 1 unspecified atom stereocenters. The topological polar surface area (TPSA) is 42.7 Å². The number of hydrogen-bond donors (Lipinski definition) is 0. The van der Waals surface area contributed by atoms with Crippen LogP contribution in [-0.4, -0.2) is 37.0 Å². The molecule has 1 saturated heterocycles. The fourth-order valence-corrected chi connectivity index (χ4v) is 1.80. The van der Waals surface area contributed by atoms with E-state index < -0.39 is 0 Å². The molecule has 0 aromatic carbocycles. The zero-order chi connectivity index (χ0) is 10.7. The minimum atomic E-state index is 0.277. The van der Waals surface area contributed by atoms with Crippen LogP contribution >= 0.6 is 0 Å². The smallest absolute Gasteiger partial charge is 0.185 e. The molecule has 1 aliphatic heterocycles. The van der Waals surface area contributed by atoms with Crippen LogP contribution in [0.25, 0.3) is 0 Å². The molecule has 0 bridgehead atoms. The van der Waals surface area contributed by atoms with E-state index in [2.05, 4.69) is 11.8 Å². The molecule has 82 valence electrons. The third-order valence-electron chi connectivity index (χ3n) is 2.50. The quantitative estimate of drug-likeness (QED) is 0.704. The summed E-state index contributed by atoms with van der Waals surface area (Å²) in [4.78, 5) is 12.7. The number of rotatable bonds is 3. The van der Waals surface area contributed by atoms with E-state index in [0.29, 0.717) is 5.76 Å². The summed E-state index contributed by atoms with van der Waals surface area (Å²) in [7, 11) is 0. The molecular formula is C11H15NO3. The largest absolute Gasteiger partial charge is 0.457 e. The van der Waals surface area contributed by atoms with E-state index in [4.69, 9.17) is 9.15 Å². The van der Waals surface area contributed by atoms with Crippen LogP contribution in [0.1, 0.15) is 23.2 Å². The van der Waals surface area contributed by atoms with E-state index >= 15 is 0 Å². The average molecular weight is 209 g/mol. The van der Waals surface area contributed by atoms with Crippen LogP contribution < -0.4 is 0 Å². The fourth-order valence-electron chi connectivity index (χ4n) is 1.80. The van der Waals surface area contributed by atoms with Crippen LogP contribution in [0.5, 0.6) is 0 Å². The highest BCUT2D eigenvalue weighted by Gasteiger charge is 2.17. The number of hydrogen-bond acceptors (Lipinski definition) is 4. The molecule has 4 nitrogen and oxygen atoms in total. The molecule has 1 aromatic heterocycles. The Kier molecular flexibility index (Phi) is 3.18. The van der Waals surface area contributed by atoms with Gasteiger partial charge in [0, 0.05) is 13.1 Å². The second-order valence-corrected chi connectivity index (χ2v) is 3.84. The summed E-state index contributed by atoms with van der Waals surface area (Å²) in [5, 5.41) is 0. The van der Waals surface area contributed by atoms with Gasteiger partial charge >= 0.3 is 0 Å². The van der Waals surface area contributed by atoms with Crippen LogP contribution in [0, 0.1) is 0 Å². The van der Waals surface area contributed by atoms with Gasteiger partial charge in [0.25, 0.3) is 0 Å². The number of ether oxygens (including phenoxy) is 1. The van der Waals surface area contributed by atoms with Gasteiger partial charge in [0.2, 0.25) is 0 Å². The molecule has 1 atom stereocenters. The SMILES string of the molecule is CC1CN(Cc2ccc(C=O)o2)CCO1. The van der Waals surface area contributed by atoms with Gasteiger partial charge < -0.3 is 9.15 Å². The Hall–Kier alpha value is -1.13. The normalized spacial score (nSPS) is 22.9. The number of aldehydes is 1. The lowest BCUT2D eigenvalue weighted by Gasteiger charge is -2.30. The number of carbonyl (C=O) groups excluding carboxylic acids is 1. The minimum absolute atomic E-state index is 0.277. The average Bonchev–Trinajstić information content (AvgIpc) is 2.65. The van der Waals surface area contributed by atoms with Crippen molar-refractivity contribution in [2.75, 3.05) is 19.7 Å². The van der Waals surface area contributed by atoms with Gasteiger partial charge in [0.05, 0.1) is 19.3 Å². The van der Waals surface area contributed by atoms with Gasteiger partial charge in [-0.25, -0.2) is 0 Å². The number of morpholine rings is 1. The monoisotopic (exact) mass is 209 g/mol. The highest BCUT2D eigenvalue weighted by molar-refractivity contribution is 5.70. The molecule has 0 N–H and O–H groups in total. The first-order valence-corrected chi connectivity index (χ1v) is 5.16. The standard InChI is InChI=1S/C11H15NO3/c1-9-6-12(4-5-14-9)7-10-2-3-11(8-13)15-10/h2-3,8-9H,4-7H2,1H3. The second kappa shape index (κ2) is 4.59. The van der Waals surface area contributed by atoms with Crippen molar-refractivity contribution in [1.82, 2.24) is 4.90 Å². The van der Waals surface area contributed by atoms with Crippen molar-refractivity contribution < 1.29 is 13.9 Å². The van der Waals surface area contributed by atoms with Gasteiger partial charge in [-0.3, -0.25) is 9.69 Å².